The van der Waals surface area contributed by atoms with Gasteiger partial charge >= 0.3 is 0 Å². The highest BCUT2D eigenvalue weighted by Crippen LogP contribution is 2.22. The lowest BCUT2D eigenvalue weighted by molar-refractivity contribution is 0.198. The summed E-state index contributed by atoms with van der Waals surface area (Å²) in [7, 11) is 0. The second kappa shape index (κ2) is 6.28. The van der Waals surface area contributed by atoms with E-state index in [0.717, 1.165) is 12.8 Å². The quantitative estimate of drug-likeness (QED) is 0.594. The van der Waals surface area contributed by atoms with Gasteiger partial charge in [0.2, 0.25) is 0 Å². The number of rotatable bonds is 6. The van der Waals surface area contributed by atoms with Crippen LogP contribution < -0.4 is 4.74 Å². The number of unbranched alkanes of at least 4 members (excludes halogenated alkanes) is 1. The minimum absolute atomic E-state index is 0.230. The molecular formula is C13H17FO2. The normalized spacial score (nSPS) is 12.2. The van der Waals surface area contributed by atoms with Crippen molar-refractivity contribution in [3.8, 4) is 5.75 Å². The van der Waals surface area contributed by atoms with Gasteiger partial charge in [-0.2, -0.15) is 0 Å². The van der Waals surface area contributed by atoms with Gasteiger partial charge in [0.1, 0.15) is 0 Å². The molecule has 0 radical (unpaired) electrons. The second-order valence-corrected chi connectivity index (χ2v) is 3.65. The number of ether oxygens (including phenoxy) is 1. The summed E-state index contributed by atoms with van der Waals surface area (Å²) in [4.78, 5) is 0. The monoisotopic (exact) mass is 224 g/mol. The van der Waals surface area contributed by atoms with Crippen molar-refractivity contribution in [2.24, 2.45) is 0 Å². The van der Waals surface area contributed by atoms with Crippen molar-refractivity contribution in [3.05, 3.63) is 42.2 Å². The van der Waals surface area contributed by atoms with Crippen LogP contribution in [-0.4, -0.2) is 11.7 Å². The maximum Gasteiger partial charge on any atom is 0.165 e. The smallest absolute Gasteiger partial charge is 0.165 e. The van der Waals surface area contributed by atoms with E-state index in [9.17, 15) is 9.50 Å². The number of allylic oxidation sites excluding steroid dienone is 1. The van der Waals surface area contributed by atoms with Crippen LogP contribution in [0.4, 0.5) is 4.39 Å². The summed E-state index contributed by atoms with van der Waals surface area (Å²) in [5.74, 6) is -0.203. The summed E-state index contributed by atoms with van der Waals surface area (Å²) in [6, 6.07) is 4.51. The molecule has 0 aliphatic carbocycles. The predicted octanol–water partition coefficient (Wildman–Crippen LogP) is 3.22. The number of aliphatic hydroxyl groups excluding tert-OH is 1. The molecule has 0 amide bonds. The first-order valence-corrected chi connectivity index (χ1v) is 5.36. The first-order chi connectivity index (χ1) is 7.65. The Morgan fingerprint density at radius 3 is 2.88 bits per heavy atom. The van der Waals surface area contributed by atoms with E-state index in [0.29, 0.717) is 12.2 Å². The summed E-state index contributed by atoms with van der Waals surface area (Å²) < 4.78 is 18.7. The van der Waals surface area contributed by atoms with Crippen LogP contribution in [0.2, 0.25) is 0 Å². The van der Waals surface area contributed by atoms with Gasteiger partial charge in [0.05, 0.1) is 12.7 Å². The third-order valence-electron chi connectivity index (χ3n) is 2.25. The van der Waals surface area contributed by atoms with Crippen LogP contribution >= 0.6 is 0 Å². The summed E-state index contributed by atoms with van der Waals surface area (Å²) in [5.41, 5.74) is 0.552. The Bertz CT molecular complexity index is 348. The molecule has 1 aromatic rings. The van der Waals surface area contributed by atoms with E-state index in [1.165, 1.54) is 6.07 Å². The number of hydrogen-bond donors (Lipinski definition) is 1. The maximum atomic E-state index is 13.5. The lowest BCUT2D eigenvalue weighted by Gasteiger charge is -2.09. The number of aliphatic hydroxyl groups is 1. The summed E-state index contributed by atoms with van der Waals surface area (Å²) in [6.45, 7) is 5.66. The van der Waals surface area contributed by atoms with E-state index in [2.05, 4.69) is 6.58 Å². The Morgan fingerprint density at radius 2 is 2.31 bits per heavy atom. The Labute approximate surface area is 95.4 Å². The van der Waals surface area contributed by atoms with Crippen molar-refractivity contribution in [1.82, 2.24) is 0 Å². The zero-order chi connectivity index (χ0) is 12.0. The van der Waals surface area contributed by atoms with Gasteiger partial charge in [0, 0.05) is 0 Å². The van der Waals surface area contributed by atoms with Crippen molar-refractivity contribution < 1.29 is 14.2 Å². The van der Waals surface area contributed by atoms with Crippen LogP contribution in [-0.2, 0) is 0 Å². The molecule has 3 heteroatoms. The van der Waals surface area contributed by atoms with E-state index in [-0.39, 0.29) is 5.75 Å². The third kappa shape index (κ3) is 3.66. The molecule has 1 unspecified atom stereocenters. The summed E-state index contributed by atoms with van der Waals surface area (Å²) in [5, 5.41) is 9.27. The van der Waals surface area contributed by atoms with E-state index in [1.807, 2.05) is 0 Å². The van der Waals surface area contributed by atoms with Crippen LogP contribution in [0.15, 0.2) is 30.9 Å². The molecule has 1 atom stereocenters. The zero-order valence-corrected chi connectivity index (χ0v) is 9.45. The predicted molar refractivity (Wildman–Crippen MR) is 62.0 cm³/mol. The third-order valence-corrected chi connectivity index (χ3v) is 2.25. The number of hydrogen-bond acceptors (Lipinski definition) is 2. The first kappa shape index (κ1) is 12.7. The molecule has 0 bridgehead atoms. The maximum absolute atomic E-state index is 13.5. The van der Waals surface area contributed by atoms with Gasteiger partial charge < -0.3 is 9.84 Å². The molecule has 0 saturated carbocycles. The molecule has 0 heterocycles. The van der Waals surface area contributed by atoms with Crippen molar-refractivity contribution in [3.63, 3.8) is 0 Å². The molecule has 0 aromatic heterocycles. The van der Waals surface area contributed by atoms with Crippen molar-refractivity contribution in [1.29, 1.82) is 0 Å². The molecule has 0 fully saturated rings. The average molecular weight is 224 g/mol. The highest BCUT2D eigenvalue weighted by molar-refractivity contribution is 5.30. The molecule has 0 aliphatic heterocycles. The van der Waals surface area contributed by atoms with Crippen molar-refractivity contribution >= 4 is 0 Å². The molecule has 2 nitrogen and oxygen atoms in total. The highest BCUT2D eigenvalue weighted by atomic mass is 19.1. The van der Waals surface area contributed by atoms with Gasteiger partial charge in [-0.05, 0) is 37.5 Å². The van der Waals surface area contributed by atoms with Crippen LogP contribution in [0.1, 0.15) is 31.4 Å². The molecule has 0 spiro atoms. The average Bonchev–Trinajstić information content (AvgIpc) is 2.26. The van der Waals surface area contributed by atoms with Crippen molar-refractivity contribution in [2.75, 3.05) is 6.61 Å². The van der Waals surface area contributed by atoms with Crippen LogP contribution in [0, 0.1) is 5.82 Å². The SMILES string of the molecule is C=CCCCOc1ccc(C(C)O)cc1F. The van der Waals surface area contributed by atoms with Gasteiger partial charge in [-0.15, -0.1) is 6.58 Å². The Morgan fingerprint density at radius 1 is 1.56 bits per heavy atom. The molecule has 1 N–H and O–H groups in total. The van der Waals surface area contributed by atoms with Crippen LogP contribution in [0.5, 0.6) is 5.75 Å². The van der Waals surface area contributed by atoms with Gasteiger partial charge in [0.25, 0.3) is 0 Å². The van der Waals surface area contributed by atoms with Gasteiger partial charge in [-0.25, -0.2) is 4.39 Å². The zero-order valence-electron chi connectivity index (χ0n) is 9.45. The molecular weight excluding hydrogens is 207 g/mol. The fourth-order valence-corrected chi connectivity index (χ4v) is 1.30. The van der Waals surface area contributed by atoms with Gasteiger partial charge in [0.15, 0.2) is 11.6 Å². The number of benzene rings is 1. The molecule has 16 heavy (non-hydrogen) atoms. The number of halogens is 1. The Balaban J connectivity index is 2.57. The topological polar surface area (TPSA) is 29.5 Å². The second-order valence-electron chi connectivity index (χ2n) is 3.65. The fraction of sp³-hybridized carbons (Fsp3) is 0.385. The molecule has 0 saturated heterocycles. The lowest BCUT2D eigenvalue weighted by Crippen LogP contribution is -2.00. The summed E-state index contributed by atoms with van der Waals surface area (Å²) in [6.07, 6.45) is 2.81. The van der Waals surface area contributed by atoms with E-state index in [1.54, 1.807) is 25.1 Å². The molecule has 0 aliphatic rings. The van der Waals surface area contributed by atoms with Crippen molar-refractivity contribution in [2.45, 2.75) is 25.9 Å². The van der Waals surface area contributed by atoms with Gasteiger partial charge in [-0.3, -0.25) is 0 Å². The van der Waals surface area contributed by atoms with E-state index >= 15 is 0 Å². The summed E-state index contributed by atoms with van der Waals surface area (Å²) >= 11 is 0. The van der Waals surface area contributed by atoms with Crippen LogP contribution in [0.25, 0.3) is 0 Å². The molecule has 1 aromatic carbocycles. The first-order valence-electron chi connectivity index (χ1n) is 5.36. The van der Waals surface area contributed by atoms with Crippen LogP contribution in [0.3, 0.4) is 0 Å². The van der Waals surface area contributed by atoms with E-state index < -0.39 is 11.9 Å². The Kier molecular flexibility index (Phi) is 4.99. The van der Waals surface area contributed by atoms with E-state index in [4.69, 9.17) is 4.74 Å². The minimum atomic E-state index is -0.663. The van der Waals surface area contributed by atoms with Gasteiger partial charge in [-0.1, -0.05) is 12.1 Å². The fourth-order valence-electron chi connectivity index (χ4n) is 1.30. The standard InChI is InChI=1S/C13H17FO2/c1-3-4-5-8-16-13-7-6-11(10(2)15)9-12(13)14/h3,6-7,9-10,15H,1,4-5,8H2,2H3. The molecule has 88 valence electrons. The minimum Gasteiger partial charge on any atom is -0.491 e. The Hall–Kier alpha value is -1.35. The highest BCUT2D eigenvalue weighted by Gasteiger charge is 2.07. The molecule has 1 rings (SSSR count). The largest absolute Gasteiger partial charge is 0.491 e. The lowest BCUT2D eigenvalue weighted by atomic mass is 10.1.